The van der Waals surface area contributed by atoms with Crippen LogP contribution in [0, 0.1) is 0 Å². The van der Waals surface area contributed by atoms with Gasteiger partial charge in [0.25, 0.3) is 0 Å². The number of hydrogen-bond donors (Lipinski definition) is 0. The Morgan fingerprint density at radius 2 is 2.25 bits per heavy atom. The van der Waals surface area contributed by atoms with Gasteiger partial charge in [0, 0.05) is 0 Å². The smallest absolute Gasteiger partial charge is 0.549 e. The molecule has 0 amide bonds. The fourth-order valence-electron chi connectivity index (χ4n) is 0.167. The molecule has 0 aliphatic rings. The van der Waals surface area contributed by atoms with Gasteiger partial charge in [0.2, 0.25) is 0 Å². The van der Waals surface area contributed by atoms with E-state index in [9.17, 15) is 9.90 Å². The van der Waals surface area contributed by atoms with Crippen molar-refractivity contribution in [1.29, 1.82) is 0 Å². The summed E-state index contributed by atoms with van der Waals surface area (Å²) in [7, 11) is 0. The predicted octanol–water partition coefficient (Wildman–Crippen LogP) is -3.09. The second-order valence-electron chi connectivity index (χ2n) is 1.19. The first-order valence-electron chi connectivity index (χ1n) is 2.03. The van der Waals surface area contributed by atoms with Crippen LogP contribution in [0.1, 0.15) is 13.3 Å². The fraction of sp³-hybridized carbons (Fsp3) is 0.750. The number of hydrogen-bond acceptors (Lipinski definition) is 2. The van der Waals surface area contributed by atoms with Gasteiger partial charge in [-0.3, -0.25) is 0 Å². The van der Waals surface area contributed by atoms with E-state index in [1.54, 1.807) is 6.92 Å². The van der Waals surface area contributed by atoms with Gasteiger partial charge in [-0.1, -0.05) is 22.9 Å². The monoisotopic (exact) mass is 204 g/mol. The summed E-state index contributed by atoms with van der Waals surface area (Å²) in [4.78, 5) is 9.29. The molecule has 0 bridgehead atoms. The molecule has 0 saturated heterocycles. The molecule has 0 aliphatic carbocycles. The Morgan fingerprint density at radius 3 is 2.25 bits per heavy atom. The topological polar surface area (TPSA) is 40.1 Å². The van der Waals surface area contributed by atoms with Crippen LogP contribution < -0.4 is 56.5 Å². The molecule has 1 atom stereocenters. The molecule has 0 fully saturated rings. The summed E-state index contributed by atoms with van der Waals surface area (Å²) >= 11 is 2.88. The molecule has 2 nitrogen and oxygen atoms in total. The fourth-order valence-corrected chi connectivity index (χ4v) is 0.167. The molecule has 0 aliphatic heterocycles. The largest absolute Gasteiger partial charge is 1.00 e. The maximum atomic E-state index is 9.77. The van der Waals surface area contributed by atoms with Gasteiger partial charge >= 0.3 is 51.4 Å². The Bertz CT molecular complexity index is 76.4. The van der Waals surface area contributed by atoms with Crippen LogP contribution in [0.2, 0.25) is 0 Å². The first-order valence-corrected chi connectivity index (χ1v) is 2.95. The van der Waals surface area contributed by atoms with E-state index in [2.05, 4.69) is 15.9 Å². The Kier molecular flexibility index (Phi) is 10.3. The van der Waals surface area contributed by atoms with E-state index in [1.165, 1.54) is 0 Å². The van der Waals surface area contributed by atoms with Gasteiger partial charge < -0.3 is 9.90 Å². The molecule has 42 valence electrons. The van der Waals surface area contributed by atoms with E-state index in [4.69, 9.17) is 0 Å². The van der Waals surface area contributed by atoms with Crippen LogP contribution in [-0.4, -0.2) is 10.8 Å². The van der Waals surface area contributed by atoms with Gasteiger partial charge in [-0.25, -0.2) is 0 Å². The van der Waals surface area contributed by atoms with Crippen LogP contribution in [0.25, 0.3) is 0 Å². The molecule has 0 rings (SSSR count). The van der Waals surface area contributed by atoms with Gasteiger partial charge in [-0.2, -0.15) is 0 Å². The normalized spacial score (nSPS) is 11.8. The predicted molar refractivity (Wildman–Crippen MR) is 28.0 cm³/mol. The average molecular weight is 205 g/mol. The summed E-state index contributed by atoms with van der Waals surface area (Å²) in [6.45, 7) is 1.77. The van der Waals surface area contributed by atoms with Crippen LogP contribution in [0.4, 0.5) is 0 Å². The van der Waals surface area contributed by atoms with Crippen molar-refractivity contribution in [3.05, 3.63) is 0 Å². The van der Waals surface area contributed by atoms with E-state index in [0.717, 1.165) is 0 Å². The molecular formula is C4H6BrKO2. The molecular weight excluding hydrogens is 199 g/mol. The van der Waals surface area contributed by atoms with Crippen molar-refractivity contribution >= 4 is 21.9 Å². The second-order valence-corrected chi connectivity index (χ2v) is 2.30. The Labute approximate surface area is 99.6 Å². The van der Waals surface area contributed by atoms with Crippen molar-refractivity contribution in [3.8, 4) is 0 Å². The third kappa shape index (κ3) is 5.72. The zero-order valence-electron chi connectivity index (χ0n) is 4.98. The summed E-state index contributed by atoms with van der Waals surface area (Å²) in [5.74, 6) is -1.04. The van der Waals surface area contributed by atoms with E-state index in [0.29, 0.717) is 6.42 Å². The Morgan fingerprint density at radius 1 is 1.88 bits per heavy atom. The number of rotatable bonds is 2. The van der Waals surface area contributed by atoms with Gasteiger partial charge in [-0.05, 0) is 6.42 Å². The summed E-state index contributed by atoms with van der Waals surface area (Å²) in [6.07, 6.45) is 0.572. The summed E-state index contributed by atoms with van der Waals surface area (Å²) in [5.41, 5.74) is 0. The Balaban J connectivity index is 0. The third-order valence-electron chi connectivity index (χ3n) is 0.614. The zero-order chi connectivity index (χ0) is 5.86. The number of alkyl halides is 1. The minimum absolute atomic E-state index is 0. The van der Waals surface area contributed by atoms with Crippen molar-refractivity contribution in [3.63, 3.8) is 0 Å². The molecule has 0 saturated carbocycles. The van der Waals surface area contributed by atoms with Crippen LogP contribution >= 0.6 is 15.9 Å². The van der Waals surface area contributed by atoms with E-state index in [-0.39, 0.29) is 51.4 Å². The van der Waals surface area contributed by atoms with E-state index < -0.39 is 10.8 Å². The minimum Gasteiger partial charge on any atom is -0.549 e. The first kappa shape index (κ1) is 12.3. The van der Waals surface area contributed by atoms with Gasteiger partial charge in [-0.15, -0.1) is 0 Å². The molecule has 0 aromatic rings. The van der Waals surface area contributed by atoms with Crippen LogP contribution in [-0.2, 0) is 4.79 Å². The summed E-state index contributed by atoms with van der Waals surface area (Å²) < 4.78 is 0. The Hall–Kier alpha value is 1.59. The maximum absolute atomic E-state index is 9.77. The number of aliphatic carboxylic acids is 1. The number of halogens is 1. The van der Waals surface area contributed by atoms with Crippen molar-refractivity contribution in [2.24, 2.45) is 0 Å². The SMILES string of the molecule is CC[C@H](Br)C(=O)[O-].[K+]. The number of carbonyl (C=O) groups is 1. The number of carboxylic acids is 1. The van der Waals surface area contributed by atoms with Crippen molar-refractivity contribution in [1.82, 2.24) is 0 Å². The standard InChI is InChI=1S/C4H7BrO2.K/c1-2-3(5)4(6)7;/h3H,2H2,1H3,(H,6,7);/q;+1/p-1/t3-;/m0./s1. The zero-order valence-corrected chi connectivity index (χ0v) is 9.69. The third-order valence-corrected chi connectivity index (χ3v) is 1.64. The van der Waals surface area contributed by atoms with Gasteiger partial charge in [0.05, 0.1) is 10.8 Å². The summed E-state index contributed by atoms with van der Waals surface area (Å²) in [5, 5.41) is 9.77. The van der Waals surface area contributed by atoms with Crippen LogP contribution in [0.5, 0.6) is 0 Å². The molecule has 8 heavy (non-hydrogen) atoms. The molecule has 0 aromatic heterocycles. The molecule has 0 unspecified atom stereocenters. The van der Waals surface area contributed by atoms with Crippen molar-refractivity contribution in [2.75, 3.05) is 0 Å². The molecule has 0 spiro atoms. The van der Waals surface area contributed by atoms with E-state index in [1.807, 2.05) is 0 Å². The molecule has 0 radical (unpaired) electrons. The van der Waals surface area contributed by atoms with Gasteiger partial charge in [0.15, 0.2) is 0 Å². The average Bonchev–Trinajstić information content (AvgIpc) is 1.65. The number of carbonyl (C=O) groups excluding carboxylic acids is 1. The van der Waals surface area contributed by atoms with E-state index >= 15 is 0 Å². The quantitative estimate of drug-likeness (QED) is 0.354. The number of carboxylic acid groups (broad SMARTS) is 1. The van der Waals surface area contributed by atoms with Gasteiger partial charge in [0.1, 0.15) is 0 Å². The maximum Gasteiger partial charge on any atom is 1.00 e. The molecule has 0 heterocycles. The van der Waals surface area contributed by atoms with Crippen molar-refractivity contribution < 1.29 is 61.3 Å². The molecule has 0 aromatic carbocycles. The van der Waals surface area contributed by atoms with Crippen molar-refractivity contribution in [2.45, 2.75) is 18.2 Å². The summed E-state index contributed by atoms with van der Waals surface area (Å²) in [6, 6.07) is 0. The second kappa shape index (κ2) is 6.70. The molecule has 0 N–H and O–H groups in total. The van der Waals surface area contributed by atoms with Crippen LogP contribution in [0.3, 0.4) is 0 Å². The minimum atomic E-state index is -1.04. The molecule has 4 heteroatoms. The first-order chi connectivity index (χ1) is 3.18. The van der Waals surface area contributed by atoms with Crippen LogP contribution in [0.15, 0.2) is 0 Å².